The van der Waals surface area contributed by atoms with Crippen LogP contribution < -0.4 is 9.80 Å². The van der Waals surface area contributed by atoms with Crippen LogP contribution in [0.5, 0.6) is 0 Å². The molecule has 0 spiro atoms. The van der Waals surface area contributed by atoms with Crippen LogP contribution >= 0.6 is 0 Å². The minimum absolute atomic E-state index is 0. The Labute approximate surface area is 328 Å². The third kappa shape index (κ3) is 7.06. The zero-order valence-corrected chi connectivity index (χ0v) is 33.7. The van der Waals surface area contributed by atoms with Gasteiger partial charge in [0.1, 0.15) is 11.6 Å². The van der Waals surface area contributed by atoms with E-state index in [4.69, 9.17) is 16.8 Å². The molecule has 51 heavy (non-hydrogen) atoms. The molecule has 0 bridgehead atoms. The second-order valence-electron chi connectivity index (χ2n) is 16.6. The number of benzene rings is 3. The monoisotopic (exact) mass is 860 g/mol. The van der Waals surface area contributed by atoms with Crippen molar-refractivity contribution in [3.63, 3.8) is 0 Å². The summed E-state index contributed by atoms with van der Waals surface area (Å²) < 4.78 is 42.9. The third-order valence-corrected chi connectivity index (χ3v) is 10.3. The van der Waals surface area contributed by atoms with Crippen molar-refractivity contribution in [1.82, 2.24) is 9.97 Å². The van der Waals surface area contributed by atoms with Crippen molar-refractivity contribution in [3.05, 3.63) is 130 Å². The fraction of sp³-hybridized carbons (Fsp3) is 0.391. The van der Waals surface area contributed by atoms with Crippen LogP contribution in [0, 0.1) is 19.1 Å². The molecule has 2 aromatic heterocycles. The van der Waals surface area contributed by atoms with Crippen LogP contribution in [-0.2, 0) is 50.2 Å². The SMILES string of the molecule is [2H]c1c([2H])c([2H])c(-c2cnc(N3CCCc4ccc(C(C)(C)c5[c-]c6c(cc5)CCCN6c5cc(C)ccn5)[c-]c43)c(C(C)(C)C)c2C(C)(C)C)c([2H])c1[2H].[Pt+2]. The molecule has 5 aromatic rings. The van der Waals surface area contributed by atoms with E-state index in [1.807, 2.05) is 12.3 Å². The topological polar surface area (TPSA) is 32.3 Å². The smallest absolute Gasteiger partial charge is 0.350 e. The van der Waals surface area contributed by atoms with Gasteiger partial charge in [-0.25, -0.2) is 9.97 Å². The van der Waals surface area contributed by atoms with E-state index in [9.17, 15) is 0 Å². The standard InChI is InChI=1S/C46H52N4.Pt/c1-31-23-24-47-40(27-31)49-25-13-17-33-19-21-35(28-38(33)49)46(8,9)36-22-20-34-18-14-26-50(39(34)29-36)43-42(45(5,6)7)41(44(2,3)4)37(30-48-43)32-15-11-10-12-16-32;/h10-12,15-16,19-24,27,30H,13-14,17-18,25-26H2,1-9H3;/q-2;+2/i10D,11D,12D,15D,16D;. The van der Waals surface area contributed by atoms with Crippen LogP contribution in [0.25, 0.3) is 11.1 Å². The van der Waals surface area contributed by atoms with Gasteiger partial charge in [-0.1, -0.05) is 110 Å². The quantitative estimate of drug-likeness (QED) is 0.165. The van der Waals surface area contributed by atoms with Gasteiger partial charge in [0, 0.05) is 36.6 Å². The van der Waals surface area contributed by atoms with Gasteiger partial charge in [-0.3, -0.25) is 0 Å². The summed E-state index contributed by atoms with van der Waals surface area (Å²) in [5.41, 5.74) is 9.38. The molecule has 0 amide bonds. The summed E-state index contributed by atoms with van der Waals surface area (Å²) in [6.07, 6.45) is 7.59. The Morgan fingerprint density at radius 3 is 1.84 bits per heavy atom. The van der Waals surface area contributed by atoms with Gasteiger partial charge >= 0.3 is 21.1 Å². The minimum atomic E-state index is -0.450. The van der Waals surface area contributed by atoms with Crippen LogP contribution in [0.2, 0.25) is 0 Å². The Balaban J connectivity index is 0.00000532. The summed E-state index contributed by atoms with van der Waals surface area (Å²) in [7, 11) is 0. The first-order valence-electron chi connectivity index (χ1n) is 20.5. The van der Waals surface area contributed by atoms with E-state index in [0.29, 0.717) is 5.56 Å². The van der Waals surface area contributed by atoms with Crippen molar-refractivity contribution in [1.29, 1.82) is 0 Å². The van der Waals surface area contributed by atoms with Crippen molar-refractivity contribution in [3.8, 4) is 11.1 Å². The number of rotatable bonds is 5. The molecule has 0 atom stereocenters. The summed E-state index contributed by atoms with van der Waals surface area (Å²) in [6.45, 7) is 21.2. The molecule has 0 saturated heterocycles. The molecule has 0 fully saturated rings. The first kappa shape index (κ1) is 30.8. The zero-order valence-electron chi connectivity index (χ0n) is 36.5. The van der Waals surface area contributed by atoms with E-state index < -0.39 is 22.3 Å². The average molecular weight is 861 g/mol. The average Bonchev–Trinajstić information content (AvgIpc) is 3.14. The van der Waals surface area contributed by atoms with Gasteiger partial charge in [0.2, 0.25) is 0 Å². The summed E-state index contributed by atoms with van der Waals surface area (Å²) in [4.78, 5) is 14.5. The number of pyridine rings is 2. The summed E-state index contributed by atoms with van der Waals surface area (Å²) in [5, 5.41) is 0. The van der Waals surface area contributed by atoms with E-state index in [1.165, 1.54) is 16.7 Å². The maximum absolute atomic E-state index is 8.89. The van der Waals surface area contributed by atoms with Gasteiger partial charge in [0.25, 0.3) is 0 Å². The van der Waals surface area contributed by atoms with Crippen molar-refractivity contribution in [2.24, 2.45) is 0 Å². The molecule has 2 aliphatic heterocycles. The maximum atomic E-state index is 8.89. The minimum Gasteiger partial charge on any atom is -0.350 e. The molecule has 0 N–H and O–H groups in total. The van der Waals surface area contributed by atoms with Gasteiger partial charge in [0.05, 0.1) is 6.85 Å². The Morgan fingerprint density at radius 2 is 1.27 bits per heavy atom. The van der Waals surface area contributed by atoms with Gasteiger partial charge < -0.3 is 9.80 Å². The number of aryl methyl sites for hydroxylation is 3. The fourth-order valence-electron chi connectivity index (χ4n) is 7.74. The largest absolute Gasteiger partial charge is 2.00 e. The van der Waals surface area contributed by atoms with E-state index in [0.717, 1.165) is 84.0 Å². The van der Waals surface area contributed by atoms with Crippen molar-refractivity contribution in [2.75, 3.05) is 22.9 Å². The Bertz CT molecular complexity index is 2300. The molecule has 0 radical (unpaired) electrons. The van der Waals surface area contributed by atoms with Gasteiger partial charge in [-0.2, -0.15) is 47.5 Å². The Kier molecular flexibility index (Phi) is 8.46. The zero-order chi connectivity index (χ0) is 39.8. The first-order valence-corrected chi connectivity index (χ1v) is 18.0. The Morgan fingerprint density at radius 1 is 0.706 bits per heavy atom. The van der Waals surface area contributed by atoms with Gasteiger partial charge in [0.15, 0.2) is 0 Å². The summed E-state index contributed by atoms with van der Waals surface area (Å²) in [6, 6.07) is 19.4. The maximum Gasteiger partial charge on any atom is 2.00 e. The first-order chi connectivity index (χ1) is 25.8. The van der Waals surface area contributed by atoms with Crippen molar-refractivity contribution < 1.29 is 27.9 Å². The number of fused-ring (bicyclic) bond motifs is 2. The van der Waals surface area contributed by atoms with Gasteiger partial charge in [-0.15, -0.1) is 11.1 Å². The molecule has 4 heterocycles. The molecular weight excluding hydrogens is 804 g/mol. The summed E-state index contributed by atoms with van der Waals surface area (Å²) >= 11 is 0. The molecule has 7 rings (SSSR count). The summed E-state index contributed by atoms with van der Waals surface area (Å²) in [5.74, 6) is 1.78. The molecular formula is C46H52N4Pt. The predicted molar refractivity (Wildman–Crippen MR) is 209 cm³/mol. The number of hydrogen-bond donors (Lipinski definition) is 0. The van der Waals surface area contributed by atoms with Crippen molar-refractivity contribution in [2.45, 2.75) is 104 Å². The van der Waals surface area contributed by atoms with Crippen LogP contribution in [0.1, 0.15) is 114 Å². The van der Waals surface area contributed by atoms with Crippen LogP contribution in [-0.4, -0.2) is 23.1 Å². The third-order valence-electron chi connectivity index (χ3n) is 10.3. The van der Waals surface area contributed by atoms with E-state index in [2.05, 4.69) is 115 Å². The predicted octanol–water partition coefficient (Wildman–Crippen LogP) is 11.1. The van der Waals surface area contributed by atoms with E-state index in [-0.39, 0.29) is 50.8 Å². The molecule has 0 saturated carbocycles. The fourth-order valence-corrected chi connectivity index (χ4v) is 7.74. The molecule has 0 aliphatic carbocycles. The van der Waals surface area contributed by atoms with Gasteiger partial charge in [-0.05, 0) is 64.8 Å². The Hall–Kier alpha value is -3.75. The number of aromatic nitrogens is 2. The number of hydrogen-bond acceptors (Lipinski definition) is 4. The second-order valence-corrected chi connectivity index (χ2v) is 16.6. The normalized spacial score (nSPS) is 16.2. The van der Waals surface area contributed by atoms with Crippen LogP contribution in [0.3, 0.4) is 0 Å². The molecule has 2 aliphatic rings. The van der Waals surface area contributed by atoms with E-state index in [1.54, 1.807) is 6.20 Å². The van der Waals surface area contributed by atoms with Crippen LogP contribution in [0.15, 0.2) is 79.0 Å². The molecule has 3 aromatic carbocycles. The number of anilines is 4. The molecule has 0 unspecified atom stereocenters. The second kappa shape index (κ2) is 14.0. The molecule has 4 nitrogen and oxygen atoms in total. The molecule has 266 valence electrons. The van der Waals surface area contributed by atoms with E-state index >= 15 is 0 Å². The number of nitrogens with zero attached hydrogens (tertiary/aromatic N) is 4. The van der Waals surface area contributed by atoms with Crippen molar-refractivity contribution >= 4 is 23.0 Å². The molecule has 5 heteroatoms. The van der Waals surface area contributed by atoms with Crippen LogP contribution in [0.4, 0.5) is 23.0 Å².